The van der Waals surface area contributed by atoms with Crippen molar-refractivity contribution in [3.63, 3.8) is 0 Å². The van der Waals surface area contributed by atoms with Gasteiger partial charge in [-0.25, -0.2) is 0 Å². The van der Waals surface area contributed by atoms with Crippen LogP contribution >= 0.6 is 0 Å². The SMILES string of the molecule is CCC1=CC=C(C(=O)[O-])[C@H](O)[C@H]1O.[Na+]. The molecule has 0 saturated heterocycles. The van der Waals surface area contributed by atoms with Crippen LogP contribution < -0.4 is 34.7 Å². The smallest absolute Gasteiger partial charge is 0.545 e. The minimum Gasteiger partial charge on any atom is -0.545 e. The van der Waals surface area contributed by atoms with E-state index in [1.54, 1.807) is 0 Å². The first-order chi connectivity index (χ1) is 6.07. The number of carbonyl (C=O) groups is 1. The molecular formula is C9H11NaO4. The van der Waals surface area contributed by atoms with Gasteiger partial charge >= 0.3 is 29.6 Å². The largest absolute Gasteiger partial charge is 1.00 e. The third-order valence-corrected chi connectivity index (χ3v) is 2.12. The van der Waals surface area contributed by atoms with Gasteiger partial charge < -0.3 is 20.1 Å². The predicted molar refractivity (Wildman–Crippen MR) is 43.5 cm³/mol. The third-order valence-electron chi connectivity index (χ3n) is 2.12. The van der Waals surface area contributed by atoms with Gasteiger partial charge in [-0.3, -0.25) is 0 Å². The second-order valence-corrected chi connectivity index (χ2v) is 2.89. The summed E-state index contributed by atoms with van der Waals surface area (Å²) in [6, 6.07) is 0. The quantitative estimate of drug-likeness (QED) is 0.448. The fourth-order valence-corrected chi connectivity index (χ4v) is 1.28. The molecule has 0 bridgehead atoms. The zero-order valence-corrected chi connectivity index (χ0v) is 10.2. The zero-order chi connectivity index (χ0) is 10.0. The number of hydrogen-bond donors (Lipinski definition) is 2. The van der Waals surface area contributed by atoms with Crippen molar-refractivity contribution in [3.8, 4) is 0 Å². The fourth-order valence-electron chi connectivity index (χ4n) is 1.28. The van der Waals surface area contributed by atoms with Crippen LogP contribution in [0.25, 0.3) is 0 Å². The minimum atomic E-state index is -1.45. The predicted octanol–water partition coefficient (Wildman–Crippen LogP) is -4.26. The fraction of sp³-hybridized carbons (Fsp3) is 0.444. The van der Waals surface area contributed by atoms with E-state index in [9.17, 15) is 20.1 Å². The van der Waals surface area contributed by atoms with E-state index in [4.69, 9.17) is 0 Å². The Morgan fingerprint density at radius 2 is 2.00 bits per heavy atom. The van der Waals surface area contributed by atoms with Crippen molar-refractivity contribution in [2.45, 2.75) is 25.6 Å². The summed E-state index contributed by atoms with van der Waals surface area (Å²) in [7, 11) is 0. The first kappa shape index (κ1) is 13.9. The van der Waals surface area contributed by atoms with Crippen LogP contribution in [0.1, 0.15) is 13.3 Å². The van der Waals surface area contributed by atoms with Crippen LogP contribution in [-0.4, -0.2) is 28.4 Å². The minimum absolute atomic E-state index is 0. The second kappa shape index (κ2) is 5.68. The first-order valence-electron chi connectivity index (χ1n) is 4.06. The number of allylic oxidation sites excluding steroid dienone is 2. The topological polar surface area (TPSA) is 80.6 Å². The summed E-state index contributed by atoms with van der Waals surface area (Å²) in [5, 5.41) is 29.2. The van der Waals surface area contributed by atoms with E-state index in [1.807, 2.05) is 6.92 Å². The average molecular weight is 206 g/mol. The van der Waals surface area contributed by atoms with Gasteiger partial charge in [0.15, 0.2) is 0 Å². The van der Waals surface area contributed by atoms with Gasteiger partial charge in [-0.2, -0.15) is 0 Å². The van der Waals surface area contributed by atoms with Crippen molar-refractivity contribution in [1.29, 1.82) is 0 Å². The number of aliphatic hydroxyl groups is 2. The van der Waals surface area contributed by atoms with E-state index in [2.05, 4.69) is 0 Å². The number of hydrogen-bond acceptors (Lipinski definition) is 4. The molecule has 1 aliphatic carbocycles. The van der Waals surface area contributed by atoms with Gasteiger partial charge in [-0.15, -0.1) is 0 Å². The van der Waals surface area contributed by atoms with Crippen molar-refractivity contribution in [1.82, 2.24) is 0 Å². The van der Waals surface area contributed by atoms with E-state index in [1.165, 1.54) is 12.2 Å². The molecule has 0 unspecified atom stereocenters. The van der Waals surface area contributed by atoms with Crippen LogP contribution in [0.2, 0.25) is 0 Å². The van der Waals surface area contributed by atoms with Crippen LogP contribution in [0.4, 0.5) is 0 Å². The molecule has 1 rings (SSSR count). The van der Waals surface area contributed by atoms with Crippen molar-refractivity contribution >= 4 is 5.97 Å². The molecule has 0 radical (unpaired) electrons. The number of aliphatic hydroxyl groups excluding tert-OH is 2. The number of carboxylic acid groups (broad SMARTS) is 1. The van der Waals surface area contributed by atoms with E-state index in [-0.39, 0.29) is 35.1 Å². The summed E-state index contributed by atoms with van der Waals surface area (Å²) in [6.45, 7) is 1.82. The van der Waals surface area contributed by atoms with Crippen LogP contribution in [0.5, 0.6) is 0 Å². The van der Waals surface area contributed by atoms with Crippen LogP contribution in [0, 0.1) is 0 Å². The summed E-state index contributed by atoms with van der Waals surface area (Å²) >= 11 is 0. The monoisotopic (exact) mass is 206 g/mol. The molecular weight excluding hydrogens is 195 g/mol. The molecule has 0 aliphatic heterocycles. The number of rotatable bonds is 2. The molecule has 1 aliphatic rings. The Bertz CT molecular complexity index is 283. The Kier molecular flexibility index (Phi) is 5.63. The molecule has 0 aromatic heterocycles. The summed E-state index contributed by atoms with van der Waals surface area (Å²) in [6.07, 6.45) is 0.858. The zero-order valence-electron chi connectivity index (χ0n) is 8.23. The Labute approximate surface area is 104 Å². The maximum atomic E-state index is 10.4. The molecule has 0 fully saturated rings. The van der Waals surface area contributed by atoms with Crippen LogP contribution in [0.15, 0.2) is 23.3 Å². The van der Waals surface area contributed by atoms with Gasteiger partial charge in [0.05, 0.1) is 5.97 Å². The maximum absolute atomic E-state index is 10.4. The van der Waals surface area contributed by atoms with Gasteiger partial charge in [-0.05, 0) is 12.0 Å². The molecule has 5 heteroatoms. The van der Waals surface area contributed by atoms with Gasteiger partial charge in [0.25, 0.3) is 0 Å². The Morgan fingerprint density at radius 1 is 1.43 bits per heavy atom. The Morgan fingerprint density at radius 3 is 2.43 bits per heavy atom. The molecule has 0 amide bonds. The molecule has 4 nitrogen and oxygen atoms in total. The van der Waals surface area contributed by atoms with Crippen molar-refractivity contribution in [2.24, 2.45) is 0 Å². The van der Waals surface area contributed by atoms with E-state index >= 15 is 0 Å². The first-order valence-corrected chi connectivity index (χ1v) is 4.06. The standard InChI is InChI=1S/C9H12O4.Na/c1-2-5-3-4-6(9(12)13)8(11)7(5)10;/h3-4,7-8,10-11H,2H2,1H3,(H,12,13);/q;+1/p-1/t7-,8-;/m0./s1. The van der Waals surface area contributed by atoms with Crippen molar-refractivity contribution in [3.05, 3.63) is 23.3 Å². The molecule has 2 atom stereocenters. The van der Waals surface area contributed by atoms with E-state index in [0.29, 0.717) is 12.0 Å². The molecule has 0 aromatic carbocycles. The molecule has 14 heavy (non-hydrogen) atoms. The third kappa shape index (κ3) is 2.68. The van der Waals surface area contributed by atoms with Gasteiger partial charge in [0.2, 0.25) is 0 Å². The van der Waals surface area contributed by atoms with Crippen molar-refractivity contribution < 1.29 is 49.7 Å². The number of carbonyl (C=O) groups excluding carboxylic acids is 1. The van der Waals surface area contributed by atoms with Gasteiger partial charge in [0, 0.05) is 5.57 Å². The normalized spacial score (nSPS) is 25.9. The molecule has 72 valence electrons. The Balaban J connectivity index is 0.00000169. The van der Waals surface area contributed by atoms with Crippen molar-refractivity contribution in [2.75, 3.05) is 0 Å². The summed E-state index contributed by atoms with van der Waals surface area (Å²) < 4.78 is 0. The van der Waals surface area contributed by atoms with Gasteiger partial charge in [0.1, 0.15) is 12.2 Å². The molecule has 0 aromatic rings. The maximum Gasteiger partial charge on any atom is 1.00 e. The van der Waals surface area contributed by atoms with Crippen LogP contribution in [0.3, 0.4) is 0 Å². The second-order valence-electron chi connectivity index (χ2n) is 2.89. The van der Waals surface area contributed by atoms with Gasteiger partial charge in [-0.1, -0.05) is 19.1 Å². The molecule has 0 spiro atoms. The summed E-state index contributed by atoms with van der Waals surface area (Å²) in [4.78, 5) is 10.4. The number of carboxylic acids is 1. The van der Waals surface area contributed by atoms with E-state index < -0.39 is 18.2 Å². The van der Waals surface area contributed by atoms with Crippen LogP contribution in [-0.2, 0) is 4.79 Å². The Hall–Kier alpha value is -0.130. The van der Waals surface area contributed by atoms with E-state index in [0.717, 1.165) is 0 Å². The summed E-state index contributed by atoms with van der Waals surface area (Å²) in [5.41, 5.74) is 0.349. The average Bonchev–Trinajstić information content (AvgIpc) is 2.09. The molecule has 0 saturated carbocycles. The summed E-state index contributed by atoms with van der Waals surface area (Å²) in [5.74, 6) is -1.45. The molecule has 0 heterocycles. The number of aliphatic carboxylic acids is 1. The molecule has 2 N–H and O–H groups in total.